The van der Waals surface area contributed by atoms with Crippen LogP contribution in [-0.2, 0) is 0 Å². The molecule has 0 fully saturated rings. The number of aliphatic imine (C=N–C) groups is 1. The van der Waals surface area contributed by atoms with E-state index in [1.54, 1.807) is 6.08 Å². The summed E-state index contributed by atoms with van der Waals surface area (Å²) in [6, 6.07) is 0. The van der Waals surface area contributed by atoms with Gasteiger partial charge in [0.25, 0.3) is 0 Å². The third-order valence-electron chi connectivity index (χ3n) is 0.895. The molecule has 0 bridgehead atoms. The molecule has 0 aliphatic carbocycles. The molecule has 0 unspecified atom stereocenters. The molecule has 0 aromatic carbocycles. The topological polar surface area (TPSA) is 12.4 Å². The normalized spacial score (nSPS) is 10.7. The van der Waals surface area contributed by atoms with Gasteiger partial charge in [-0.25, -0.2) is 0 Å². The summed E-state index contributed by atoms with van der Waals surface area (Å²) < 4.78 is 0. The number of nitrogens with zero attached hydrogens (tertiary/aromatic N) is 1. The highest BCUT2D eigenvalue weighted by molar-refractivity contribution is 5.58. The molecule has 0 saturated heterocycles. The maximum atomic E-state index is 4.10. The van der Waals surface area contributed by atoms with Gasteiger partial charge in [0.2, 0.25) is 0 Å². The highest BCUT2D eigenvalue weighted by atomic mass is 14.7. The van der Waals surface area contributed by atoms with Gasteiger partial charge >= 0.3 is 0 Å². The van der Waals surface area contributed by atoms with E-state index in [4.69, 9.17) is 0 Å². The van der Waals surface area contributed by atoms with Gasteiger partial charge in [-0.2, -0.15) is 0 Å². The Labute approximate surface area is 70.5 Å². The average molecular weight is 153 g/mol. The van der Waals surface area contributed by atoms with Gasteiger partial charge in [0, 0.05) is 11.9 Å². The van der Waals surface area contributed by atoms with Crippen molar-refractivity contribution in [1.29, 1.82) is 0 Å². The quantitative estimate of drug-likeness (QED) is 0.424. The van der Waals surface area contributed by atoms with E-state index in [9.17, 15) is 0 Å². The van der Waals surface area contributed by atoms with E-state index in [0.717, 1.165) is 12.1 Å². The molecule has 0 amide bonds. The van der Waals surface area contributed by atoms with Crippen molar-refractivity contribution < 1.29 is 0 Å². The van der Waals surface area contributed by atoms with E-state index >= 15 is 0 Å². The van der Waals surface area contributed by atoms with Gasteiger partial charge in [0.1, 0.15) is 0 Å². The maximum absolute atomic E-state index is 4.10. The van der Waals surface area contributed by atoms with E-state index < -0.39 is 0 Å². The van der Waals surface area contributed by atoms with Crippen LogP contribution in [0.5, 0.6) is 0 Å². The van der Waals surface area contributed by atoms with Gasteiger partial charge in [0.15, 0.2) is 0 Å². The molecule has 11 heavy (non-hydrogen) atoms. The predicted molar refractivity (Wildman–Crippen MR) is 54.1 cm³/mol. The summed E-state index contributed by atoms with van der Waals surface area (Å²) in [4.78, 5) is 4.10. The second kappa shape index (κ2) is 11.9. The molecule has 0 N–H and O–H groups in total. The fraction of sp³-hybridized carbons (Fsp3) is 0.500. The Bertz CT molecular complexity index is 132. The van der Waals surface area contributed by atoms with Crippen LogP contribution < -0.4 is 0 Å². The van der Waals surface area contributed by atoms with Gasteiger partial charge in [-0.15, -0.1) is 6.58 Å². The lowest BCUT2D eigenvalue weighted by molar-refractivity contribution is 1.24. The number of allylic oxidation sites excluding steroid dienone is 3. The van der Waals surface area contributed by atoms with Gasteiger partial charge < -0.3 is 0 Å². The minimum absolute atomic E-state index is 1.02. The molecule has 0 atom stereocenters. The van der Waals surface area contributed by atoms with Crippen molar-refractivity contribution in [2.24, 2.45) is 4.99 Å². The lowest BCUT2D eigenvalue weighted by atomic mass is 10.4. The molecule has 0 aliphatic rings. The largest absolute Gasteiger partial charge is 0.266 e. The predicted octanol–water partition coefficient (Wildman–Crippen LogP) is 3.58. The summed E-state index contributed by atoms with van der Waals surface area (Å²) in [5, 5.41) is 0. The van der Waals surface area contributed by atoms with Crippen LogP contribution in [0.15, 0.2) is 29.4 Å². The van der Waals surface area contributed by atoms with Crippen LogP contribution in [0.3, 0.4) is 0 Å². The first-order valence-corrected chi connectivity index (χ1v) is 3.95. The first-order valence-electron chi connectivity index (χ1n) is 3.95. The van der Waals surface area contributed by atoms with Crippen LogP contribution in [0.1, 0.15) is 34.1 Å². The standard InChI is InChI=1S/C7H13N.C3H6/c1-4-6-8-7(3)5-2;1-3-2/h5-6H,4H2,1-3H3;3H,1H2,2H3/b7-5+,8-6?;. The summed E-state index contributed by atoms with van der Waals surface area (Å²) in [7, 11) is 0. The summed E-state index contributed by atoms with van der Waals surface area (Å²) in [5.74, 6) is 0. The molecule has 1 heteroatoms. The highest BCUT2D eigenvalue weighted by Crippen LogP contribution is 1.90. The monoisotopic (exact) mass is 153 g/mol. The lowest BCUT2D eigenvalue weighted by Gasteiger charge is -1.84. The van der Waals surface area contributed by atoms with Crippen molar-refractivity contribution in [3.8, 4) is 0 Å². The van der Waals surface area contributed by atoms with Crippen molar-refractivity contribution in [3.63, 3.8) is 0 Å². The fourth-order valence-electron chi connectivity index (χ4n) is 0.310. The molecule has 0 aliphatic heterocycles. The van der Waals surface area contributed by atoms with E-state index in [0.29, 0.717) is 0 Å². The van der Waals surface area contributed by atoms with Crippen molar-refractivity contribution in [2.45, 2.75) is 34.1 Å². The average Bonchev–Trinajstić information content (AvgIpc) is 2.02. The van der Waals surface area contributed by atoms with E-state index in [2.05, 4.69) is 18.5 Å². The van der Waals surface area contributed by atoms with Crippen molar-refractivity contribution in [3.05, 3.63) is 24.4 Å². The number of hydrogen-bond acceptors (Lipinski definition) is 1. The molecule has 64 valence electrons. The Morgan fingerprint density at radius 1 is 1.45 bits per heavy atom. The molecule has 0 aromatic rings. The molecule has 0 heterocycles. The van der Waals surface area contributed by atoms with Crippen LogP contribution in [0.25, 0.3) is 0 Å². The van der Waals surface area contributed by atoms with E-state index in [1.165, 1.54) is 0 Å². The Balaban J connectivity index is 0. The van der Waals surface area contributed by atoms with Crippen molar-refractivity contribution in [2.75, 3.05) is 0 Å². The maximum Gasteiger partial charge on any atom is 0.0326 e. The SMILES string of the molecule is C/C=C(\C)N=CCC.C=CC. The van der Waals surface area contributed by atoms with Crippen LogP contribution in [-0.4, -0.2) is 6.21 Å². The second-order valence-electron chi connectivity index (χ2n) is 2.06. The summed E-state index contributed by atoms with van der Waals surface area (Å²) >= 11 is 0. The second-order valence-corrected chi connectivity index (χ2v) is 2.06. The van der Waals surface area contributed by atoms with Crippen LogP contribution in [0.2, 0.25) is 0 Å². The van der Waals surface area contributed by atoms with Crippen LogP contribution >= 0.6 is 0 Å². The summed E-state index contributed by atoms with van der Waals surface area (Å²) in [6.07, 6.45) is 6.67. The molecule has 0 saturated carbocycles. The van der Waals surface area contributed by atoms with Crippen LogP contribution in [0, 0.1) is 0 Å². The molecule has 0 aromatic heterocycles. The van der Waals surface area contributed by atoms with Crippen LogP contribution in [0.4, 0.5) is 0 Å². The van der Waals surface area contributed by atoms with Crippen molar-refractivity contribution >= 4 is 6.21 Å². The Morgan fingerprint density at radius 3 is 2.18 bits per heavy atom. The van der Waals surface area contributed by atoms with Gasteiger partial charge in [0.05, 0.1) is 0 Å². The fourth-order valence-corrected chi connectivity index (χ4v) is 0.310. The zero-order valence-electron chi connectivity index (χ0n) is 8.09. The molecule has 0 rings (SSSR count). The Hall–Kier alpha value is -0.850. The highest BCUT2D eigenvalue weighted by Gasteiger charge is 1.73. The van der Waals surface area contributed by atoms with Crippen molar-refractivity contribution in [1.82, 2.24) is 0 Å². The Morgan fingerprint density at radius 2 is 1.91 bits per heavy atom. The summed E-state index contributed by atoms with van der Waals surface area (Å²) in [5.41, 5.74) is 1.09. The molecule has 0 spiro atoms. The number of hydrogen-bond donors (Lipinski definition) is 0. The smallest absolute Gasteiger partial charge is 0.0326 e. The Kier molecular flexibility index (Phi) is 13.8. The lowest BCUT2D eigenvalue weighted by Crippen LogP contribution is -1.69. The first kappa shape index (κ1) is 12.8. The first-order chi connectivity index (χ1) is 5.22. The molecule has 0 radical (unpaired) electrons. The minimum Gasteiger partial charge on any atom is -0.266 e. The van der Waals surface area contributed by atoms with Gasteiger partial charge in [-0.3, -0.25) is 4.99 Å². The van der Waals surface area contributed by atoms with Gasteiger partial charge in [-0.05, 0) is 27.2 Å². The minimum atomic E-state index is 1.02. The molecular weight excluding hydrogens is 134 g/mol. The third-order valence-corrected chi connectivity index (χ3v) is 0.895. The zero-order valence-corrected chi connectivity index (χ0v) is 8.09. The zero-order chi connectivity index (χ0) is 9.11. The van der Waals surface area contributed by atoms with E-state index in [1.807, 2.05) is 33.1 Å². The van der Waals surface area contributed by atoms with E-state index in [-0.39, 0.29) is 0 Å². The third kappa shape index (κ3) is 17.6. The molecular formula is C10H19N. The number of rotatable bonds is 2. The van der Waals surface area contributed by atoms with Gasteiger partial charge in [-0.1, -0.05) is 19.1 Å². The summed E-state index contributed by atoms with van der Waals surface area (Å²) in [6.45, 7) is 11.3. The molecule has 1 nitrogen and oxygen atoms in total.